The fourth-order valence-corrected chi connectivity index (χ4v) is 9.95. The van der Waals surface area contributed by atoms with Gasteiger partial charge >= 0.3 is 0 Å². The summed E-state index contributed by atoms with van der Waals surface area (Å²) in [6.45, 7) is 16.1. The molecule has 0 aromatic carbocycles. The molecule has 0 saturated carbocycles. The van der Waals surface area contributed by atoms with Gasteiger partial charge in [0.1, 0.15) is 0 Å². The number of halogens is 1. The van der Waals surface area contributed by atoms with E-state index in [9.17, 15) is 0 Å². The van der Waals surface area contributed by atoms with Crippen molar-refractivity contribution in [2.75, 3.05) is 19.6 Å². The van der Waals surface area contributed by atoms with Crippen LogP contribution in [0.4, 0.5) is 0 Å². The molecule has 358 valence electrons. The SMILES string of the molecule is CCCCCCCCCC(=O)C(C(=O)CCCCCCCCC)(C(=O)CCCCCCCCC)[N+](CCCCCCCC)(CCCCCCCC)CCCCCCCC.[Cl-]. The van der Waals surface area contributed by atoms with Crippen molar-refractivity contribution in [2.24, 2.45) is 0 Å². The smallest absolute Gasteiger partial charge is 0.275 e. The zero-order chi connectivity index (χ0) is 43.6. The zero-order valence-corrected chi connectivity index (χ0v) is 42.6. The fraction of sp³-hybridized carbons (Fsp3) is 0.945. The predicted molar refractivity (Wildman–Crippen MR) is 261 cm³/mol. The summed E-state index contributed by atoms with van der Waals surface area (Å²) in [6.07, 6.45) is 46.4. The van der Waals surface area contributed by atoms with Crippen LogP contribution in [0.3, 0.4) is 0 Å². The van der Waals surface area contributed by atoms with E-state index < -0.39 is 5.54 Å². The maximum absolute atomic E-state index is 15.6. The quantitative estimate of drug-likeness (QED) is 0.0348. The number of nitrogens with zero attached hydrogens (tertiary/aromatic N) is 1. The van der Waals surface area contributed by atoms with E-state index in [1.807, 2.05) is 0 Å². The van der Waals surface area contributed by atoms with Crippen molar-refractivity contribution < 1.29 is 31.3 Å². The highest BCUT2D eigenvalue weighted by atomic mass is 35.5. The Kier molecular flexibility index (Phi) is 45.9. The van der Waals surface area contributed by atoms with Gasteiger partial charge in [-0.3, -0.25) is 18.9 Å². The first kappa shape index (κ1) is 61.3. The lowest BCUT2D eigenvalue weighted by molar-refractivity contribution is -0.949. The van der Waals surface area contributed by atoms with Gasteiger partial charge in [0.2, 0.25) is 17.3 Å². The highest BCUT2D eigenvalue weighted by Crippen LogP contribution is 2.38. The molecule has 0 heterocycles. The van der Waals surface area contributed by atoms with Crippen molar-refractivity contribution in [1.82, 2.24) is 0 Å². The van der Waals surface area contributed by atoms with Gasteiger partial charge in [0.05, 0.1) is 19.6 Å². The van der Waals surface area contributed by atoms with Crippen LogP contribution < -0.4 is 12.4 Å². The van der Waals surface area contributed by atoms with Gasteiger partial charge in [-0.15, -0.1) is 0 Å². The number of carbonyl (C=O) groups is 3. The summed E-state index contributed by atoms with van der Waals surface area (Å²) >= 11 is 0. The minimum Gasteiger partial charge on any atom is -1.00 e. The first-order valence-electron chi connectivity index (χ1n) is 27.3. The van der Waals surface area contributed by atoms with Crippen LogP contribution in [0.15, 0.2) is 0 Å². The summed E-state index contributed by atoms with van der Waals surface area (Å²) in [7, 11) is 0. The van der Waals surface area contributed by atoms with Crippen LogP contribution in [-0.2, 0) is 14.4 Å². The van der Waals surface area contributed by atoms with Gasteiger partial charge in [-0.25, -0.2) is 0 Å². The molecule has 0 aromatic heterocycles. The van der Waals surface area contributed by atoms with Crippen molar-refractivity contribution in [3.63, 3.8) is 0 Å². The van der Waals surface area contributed by atoms with Crippen molar-refractivity contribution in [3.8, 4) is 0 Å². The molecule has 0 aliphatic heterocycles. The van der Waals surface area contributed by atoms with Crippen LogP contribution in [0.1, 0.15) is 311 Å². The van der Waals surface area contributed by atoms with Crippen molar-refractivity contribution >= 4 is 17.3 Å². The highest BCUT2D eigenvalue weighted by Gasteiger charge is 2.64. The van der Waals surface area contributed by atoms with Crippen molar-refractivity contribution in [3.05, 3.63) is 0 Å². The minimum atomic E-state index is -1.52. The average Bonchev–Trinajstić information content (AvgIpc) is 3.23. The van der Waals surface area contributed by atoms with Gasteiger partial charge < -0.3 is 12.4 Å². The summed E-state index contributed by atoms with van der Waals surface area (Å²) in [5.74, 6) is 0.0692. The molecule has 0 spiro atoms. The topological polar surface area (TPSA) is 51.2 Å². The summed E-state index contributed by atoms with van der Waals surface area (Å²) in [6, 6.07) is 0. The molecule has 0 unspecified atom stereocenters. The lowest BCUT2D eigenvalue weighted by Crippen LogP contribution is -3.00. The second-order valence-corrected chi connectivity index (χ2v) is 19.2. The second kappa shape index (κ2) is 44.9. The standard InChI is InChI=1S/C55H108NO3.ClH/c1-7-13-19-25-31-34-40-46-52(57)55(53(58)47-41-35-32-26-20-14-8-2,54(59)48-42-36-33-27-21-15-9-3)56(49-43-37-28-22-16-10-4,50-44-38-29-23-17-11-5)51-45-39-30-24-18-12-6;/h7-51H2,1-6H3;1H/q+1;/p-1. The molecule has 0 radical (unpaired) electrons. The largest absolute Gasteiger partial charge is 1.00 e. The first-order valence-corrected chi connectivity index (χ1v) is 27.3. The van der Waals surface area contributed by atoms with Crippen LogP contribution in [-0.4, -0.2) is 47.0 Å². The van der Waals surface area contributed by atoms with Crippen LogP contribution in [0.25, 0.3) is 0 Å². The maximum atomic E-state index is 15.6. The Morgan fingerprint density at radius 2 is 0.433 bits per heavy atom. The van der Waals surface area contributed by atoms with E-state index in [1.165, 1.54) is 154 Å². The molecule has 0 aliphatic rings. The van der Waals surface area contributed by atoms with Gasteiger partial charge in [0.15, 0.2) is 0 Å². The number of Topliss-reactive ketones (excluding diaryl/α,β-unsaturated/α-hetero) is 3. The Morgan fingerprint density at radius 3 is 0.633 bits per heavy atom. The summed E-state index contributed by atoms with van der Waals surface area (Å²) in [5.41, 5.74) is -1.52. The molecule has 0 N–H and O–H groups in total. The number of ketones is 3. The summed E-state index contributed by atoms with van der Waals surface area (Å²) in [5, 5.41) is 0. The molecule has 4 nitrogen and oxygen atoms in total. The number of hydrogen-bond donors (Lipinski definition) is 0. The van der Waals surface area contributed by atoms with Crippen LogP contribution in [0, 0.1) is 0 Å². The highest BCUT2D eigenvalue weighted by molar-refractivity contribution is 6.28. The lowest BCUT2D eigenvalue weighted by atomic mass is 9.74. The van der Waals surface area contributed by atoms with Gasteiger partial charge in [0.25, 0.3) is 5.54 Å². The lowest BCUT2D eigenvalue weighted by Gasteiger charge is -2.51. The molecule has 0 atom stereocenters. The normalized spacial score (nSPS) is 11.9. The molecule has 60 heavy (non-hydrogen) atoms. The van der Waals surface area contributed by atoms with Gasteiger partial charge in [-0.05, 0) is 57.8 Å². The van der Waals surface area contributed by atoms with Gasteiger partial charge in [-0.2, -0.15) is 0 Å². The summed E-state index contributed by atoms with van der Waals surface area (Å²) < 4.78 is 0.447. The molecule has 0 aliphatic carbocycles. The Morgan fingerprint density at radius 1 is 0.267 bits per heavy atom. The van der Waals surface area contributed by atoms with Crippen LogP contribution in [0.2, 0.25) is 0 Å². The Hall–Kier alpha value is -0.740. The number of carbonyl (C=O) groups excluding carboxylic acids is 3. The Labute approximate surface area is 383 Å². The van der Waals surface area contributed by atoms with E-state index >= 15 is 14.4 Å². The predicted octanol–water partition coefficient (Wildman–Crippen LogP) is 14.8. The van der Waals surface area contributed by atoms with E-state index in [2.05, 4.69) is 41.5 Å². The minimum absolute atomic E-state index is 0. The zero-order valence-electron chi connectivity index (χ0n) is 41.9. The van der Waals surface area contributed by atoms with Crippen LogP contribution >= 0.6 is 0 Å². The first-order chi connectivity index (χ1) is 28.9. The molecule has 0 bridgehead atoms. The molecular weight excluding hydrogens is 758 g/mol. The molecule has 0 rings (SSSR count). The van der Waals surface area contributed by atoms with E-state index in [-0.39, 0.29) is 29.8 Å². The van der Waals surface area contributed by atoms with Gasteiger partial charge in [0, 0.05) is 19.3 Å². The molecule has 0 fully saturated rings. The number of hydrogen-bond acceptors (Lipinski definition) is 3. The Bertz CT molecular complexity index is 835. The summed E-state index contributed by atoms with van der Waals surface area (Å²) in [4.78, 5) is 46.8. The fourth-order valence-electron chi connectivity index (χ4n) is 9.95. The van der Waals surface area contributed by atoms with Crippen molar-refractivity contribution in [2.45, 2.75) is 317 Å². The number of quaternary nitrogens is 1. The van der Waals surface area contributed by atoms with Crippen LogP contribution in [0.5, 0.6) is 0 Å². The molecule has 0 amide bonds. The second-order valence-electron chi connectivity index (χ2n) is 19.2. The van der Waals surface area contributed by atoms with E-state index in [0.717, 1.165) is 116 Å². The number of unbranched alkanes of at least 4 members (excludes halogenated alkanes) is 33. The Balaban J connectivity index is 0. The van der Waals surface area contributed by atoms with E-state index in [1.54, 1.807) is 0 Å². The third-order valence-corrected chi connectivity index (χ3v) is 13.8. The van der Waals surface area contributed by atoms with Gasteiger partial charge in [-0.1, -0.05) is 234 Å². The molecule has 5 heteroatoms. The number of rotatable bonds is 49. The van der Waals surface area contributed by atoms with E-state index in [4.69, 9.17) is 0 Å². The van der Waals surface area contributed by atoms with Crippen molar-refractivity contribution in [1.29, 1.82) is 0 Å². The third kappa shape index (κ3) is 28.1. The molecule has 0 aromatic rings. The third-order valence-electron chi connectivity index (χ3n) is 13.8. The molecular formula is C55H108ClNO3. The maximum Gasteiger partial charge on any atom is 0.275 e. The van der Waals surface area contributed by atoms with E-state index in [0.29, 0.717) is 23.7 Å². The average molecular weight is 867 g/mol. The monoisotopic (exact) mass is 866 g/mol. The molecule has 0 saturated heterocycles.